The molecule has 1 N–H and O–H groups in total. The highest BCUT2D eigenvalue weighted by molar-refractivity contribution is 7.98. The molecule has 10 heteroatoms. The molecule has 1 aromatic heterocycles. The van der Waals surface area contributed by atoms with Crippen LogP contribution in [0.1, 0.15) is 35.8 Å². The van der Waals surface area contributed by atoms with Crippen LogP contribution in [0.25, 0.3) is 0 Å². The lowest BCUT2D eigenvalue weighted by Crippen LogP contribution is -2.22. The van der Waals surface area contributed by atoms with Crippen molar-refractivity contribution >= 4 is 34.5 Å². The molecular formula is C27H29N3O5S2. The maximum atomic E-state index is 12.0. The lowest BCUT2D eigenvalue weighted by molar-refractivity contribution is -0.117. The molecule has 1 fully saturated rings. The van der Waals surface area contributed by atoms with Gasteiger partial charge in [-0.2, -0.15) is 11.8 Å². The average molecular weight is 540 g/mol. The molecule has 1 saturated heterocycles. The van der Waals surface area contributed by atoms with Crippen LogP contribution in [0, 0.1) is 6.92 Å². The van der Waals surface area contributed by atoms with Crippen LogP contribution in [0.5, 0.6) is 23.1 Å². The highest BCUT2D eigenvalue weighted by Gasteiger charge is 2.29. The van der Waals surface area contributed by atoms with E-state index in [0.29, 0.717) is 29.7 Å². The van der Waals surface area contributed by atoms with E-state index in [1.807, 2.05) is 55.5 Å². The number of thioether (sulfide) groups is 1. The molecular weight excluding hydrogens is 510 g/mol. The number of hydrogen-bond acceptors (Lipinski definition) is 7. The summed E-state index contributed by atoms with van der Waals surface area (Å²) >= 11 is 0.265. The van der Waals surface area contributed by atoms with Gasteiger partial charge in [-0.25, -0.2) is 9.19 Å². The molecule has 2 atom stereocenters. The summed E-state index contributed by atoms with van der Waals surface area (Å²) < 4.78 is 34.3. The number of aryl methyl sites for hydroxylation is 1. The van der Waals surface area contributed by atoms with E-state index >= 15 is 0 Å². The highest BCUT2D eigenvalue weighted by atomic mass is 32.2. The second-order valence-corrected chi connectivity index (χ2v) is 10.9. The molecule has 2 unspecified atom stereocenters. The summed E-state index contributed by atoms with van der Waals surface area (Å²) in [5, 5.41) is 0. The number of anilines is 1. The molecule has 3 aromatic rings. The van der Waals surface area contributed by atoms with Gasteiger partial charge in [0.25, 0.3) is 5.91 Å². The maximum absolute atomic E-state index is 12.0. The van der Waals surface area contributed by atoms with E-state index in [9.17, 15) is 9.00 Å². The van der Waals surface area contributed by atoms with Gasteiger partial charge in [0.1, 0.15) is 29.9 Å². The topological polar surface area (TPSA) is 90.0 Å². The minimum absolute atomic E-state index is 0.0779. The molecule has 0 bridgehead atoms. The second-order valence-electron chi connectivity index (χ2n) is 8.80. The number of hydrogen-bond donors (Lipinski definition) is 1. The third kappa shape index (κ3) is 5.86. The van der Waals surface area contributed by atoms with Gasteiger partial charge in [-0.15, -0.1) is 0 Å². The van der Waals surface area contributed by atoms with Crippen molar-refractivity contribution in [2.45, 2.75) is 32.3 Å². The molecule has 2 aliphatic rings. The molecule has 37 heavy (non-hydrogen) atoms. The minimum Gasteiger partial charge on any atom is -0.486 e. The summed E-state index contributed by atoms with van der Waals surface area (Å²) in [6.45, 7) is 2.65. The summed E-state index contributed by atoms with van der Waals surface area (Å²) in [6, 6.07) is 17.1. The predicted octanol–water partition coefficient (Wildman–Crippen LogP) is 4.90. The van der Waals surface area contributed by atoms with E-state index in [0.717, 1.165) is 47.6 Å². The van der Waals surface area contributed by atoms with E-state index in [4.69, 9.17) is 14.2 Å². The third-order valence-electron chi connectivity index (χ3n) is 6.24. The average Bonchev–Trinajstić information content (AvgIpc) is 3.46. The number of carbonyl (C=O) groups is 1. The first-order chi connectivity index (χ1) is 18.0. The first kappa shape index (κ1) is 25.4. The zero-order valence-electron chi connectivity index (χ0n) is 20.8. The van der Waals surface area contributed by atoms with Gasteiger partial charge in [0, 0.05) is 11.6 Å². The number of benzene rings is 2. The third-order valence-corrected chi connectivity index (χ3v) is 8.08. The van der Waals surface area contributed by atoms with Crippen LogP contribution < -0.4 is 23.2 Å². The van der Waals surface area contributed by atoms with Crippen LogP contribution in [0.2, 0.25) is 0 Å². The Bertz CT molecular complexity index is 1300. The Morgan fingerprint density at radius 3 is 2.70 bits per heavy atom. The largest absolute Gasteiger partial charge is 0.486 e. The number of nitrogens with one attached hydrogen (secondary N) is 1. The van der Waals surface area contributed by atoms with Crippen LogP contribution in [0.15, 0.2) is 54.6 Å². The Hall–Kier alpha value is -3.24. The molecule has 194 valence electrons. The molecule has 5 rings (SSSR count). The number of ether oxygens (including phenoxy) is 3. The molecule has 2 aromatic carbocycles. The van der Waals surface area contributed by atoms with Crippen molar-refractivity contribution in [2.75, 3.05) is 29.5 Å². The number of pyridine rings is 1. The number of nitrogens with zero attached hydrogens (tertiary/aromatic N) is 2. The maximum Gasteiger partial charge on any atom is 0.253 e. The number of amides is 1. The lowest BCUT2D eigenvalue weighted by atomic mass is 10.1. The monoisotopic (exact) mass is 539 g/mol. The van der Waals surface area contributed by atoms with Crippen molar-refractivity contribution in [3.63, 3.8) is 0 Å². The van der Waals surface area contributed by atoms with Crippen molar-refractivity contribution in [1.29, 1.82) is 0 Å². The quantitative estimate of drug-likeness (QED) is 0.367. The molecule has 1 aliphatic heterocycles. The smallest absolute Gasteiger partial charge is 0.253 e. The standard InChI is InChI=1S/C27H29N3O5S2/c1-18-23(13-14-27(28-18)33-15-4-16-36-2)35-24-6-3-5-21-22(24)11-12-25(21)34-20-9-7-19(8-10-20)30-17-26(31)29-37(30)32/h3,5-10,13-14,25H,4,11-12,15-17H2,1-2H3,(H,29,31). The van der Waals surface area contributed by atoms with Crippen LogP contribution in [0.4, 0.5) is 5.69 Å². The van der Waals surface area contributed by atoms with Crippen molar-refractivity contribution in [3.8, 4) is 23.1 Å². The number of aromatic nitrogens is 1. The van der Waals surface area contributed by atoms with Gasteiger partial charge in [-0.1, -0.05) is 12.1 Å². The Morgan fingerprint density at radius 1 is 1.14 bits per heavy atom. The lowest BCUT2D eigenvalue weighted by Gasteiger charge is -2.18. The Morgan fingerprint density at radius 2 is 1.97 bits per heavy atom. The Balaban J connectivity index is 1.25. The number of carbonyl (C=O) groups excluding carboxylic acids is 1. The zero-order chi connectivity index (χ0) is 25.8. The fourth-order valence-corrected chi connectivity index (χ4v) is 5.75. The first-order valence-electron chi connectivity index (χ1n) is 12.2. The van der Waals surface area contributed by atoms with Crippen LogP contribution in [-0.4, -0.2) is 40.3 Å². The summed E-state index contributed by atoms with van der Waals surface area (Å²) in [4.78, 5) is 16.0. The molecule has 0 saturated carbocycles. The fourth-order valence-electron chi connectivity index (χ4n) is 4.43. The van der Waals surface area contributed by atoms with Crippen molar-refractivity contribution < 1.29 is 23.2 Å². The van der Waals surface area contributed by atoms with Crippen molar-refractivity contribution in [3.05, 3.63) is 71.4 Å². The van der Waals surface area contributed by atoms with Crippen molar-refractivity contribution in [1.82, 2.24) is 9.71 Å². The van der Waals surface area contributed by atoms with Gasteiger partial charge >= 0.3 is 0 Å². The summed E-state index contributed by atoms with van der Waals surface area (Å²) in [7, 11) is 0. The van der Waals surface area contributed by atoms with E-state index in [1.165, 1.54) is 4.31 Å². The van der Waals surface area contributed by atoms with Crippen LogP contribution in [-0.2, 0) is 22.4 Å². The predicted molar refractivity (Wildman–Crippen MR) is 146 cm³/mol. The van der Waals surface area contributed by atoms with Crippen molar-refractivity contribution in [2.24, 2.45) is 0 Å². The molecule has 1 amide bonds. The molecule has 8 nitrogen and oxygen atoms in total. The van der Waals surface area contributed by atoms with Gasteiger partial charge in [0.15, 0.2) is 0 Å². The van der Waals surface area contributed by atoms with E-state index < -0.39 is 11.2 Å². The SMILES string of the molecule is CSCCCOc1ccc(Oc2cccc3c2CCC3Oc2ccc(N3CC(=O)NS3=O)cc2)c(C)n1. The minimum atomic E-state index is -1.54. The summed E-state index contributed by atoms with van der Waals surface area (Å²) in [6.07, 6.45) is 4.67. The summed E-state index contributed by atoms with van der Waals surface area (Å²) in [5.74, 6) is 3.66. The zero-order valence-corrected chi connectivity index (χ0v) is 22.4. The Labute approximate surface area is 223 Å². The molecule has 0 radical (unpaired) electrons. The van der Waals surface area contributed by atoms with Crippen LogP contribution >= 0.6 is 11.8 Å². The first-order valence-corrected chi connectivity index (χ1v) is 14.7. The summed E-state index contributed by atoms with van der Waals surface area (Å²) in [5.41, 5.74) is 3.72. The molecule has 1 aliphatic carbocycles. The van der Waals surface area contributed by atoms with E-state index in [-0.39, 0.29) is 18.6 Å². The van der Waals surface area contributed by atoms with Gasteiger partial charge in [-0.05, 0) is 80.2 Å². The van der Waals surface area contributed by atoms with Gasteiger partial charge < -0.3 is 14.2 Å². The second kappa shape index (κ2) is 11.4. The van der Waals surface area contributed by atoms with E-state index in [1.54, 1.807) is 11.8 Å². The van der Waals surface area contributed by atoms with E-state index in [2.05, 4.69) is 22.0 Å². The van der Waals surface area contributed by atoms with Gasteiger partial charge in [0.05, 0.1) is 18.0 Å². The van der Waals surface area contributed by atoms with Crippen LogP contribution in [0.3, 0.4) is 0 Å². The Kier molecular flexibility index (Phi) is 7.85. The van der Waals surface area contributed by atoms with Gasteiger partial charge in [-0.3, -0.25) is 13.8 Å². The highest BCUT2D eigenvalue weighted by Crippen LogP contribution is 2.41. The number of rotatable bonds is 10. The fraction of sp³-hybridized carbons (Fsp3) is 0.333. The molecule has 0 spiro atoms. The molecule has 2 heterocycles. The normalized spacial score (nSPS) is 18.4. The number of fused-ring (bicyclic) bond motifs is 1. The van der Waals surface area contributed by atoms with Gasteiger partial charge in [0.2, 0.25) is 17.1 Å².